The number of pyridine rings is 1. The van der Waals surface area contributed by atoms with Crippen molar-refractivity contribution in [3.63, 3.8) is 0 Å². The molecule has 0 aliphatic rings. The van der Waals surface area contributed by atoms with Crippen LogP contribution in [0.25, 0.3) is 23.1 Å². The van der Waals surface area contributed by atoms with Crippen LogP contribution in [0.1, 0.15) is 24.0 Å². The Labute approximate surface area is 189 Å². The molecule has 1 unspecified atom stereocenters. The molecule has 9 heteroatoms. The summed E-state index contributed by atoms with van der Waals surface area (Å²) in [5.41, 5.74) is 8.52. The summed E-state index contributed by atoms with van der Waals surface area (Å²) in [6.07, 6.45) is 5.25. The molecule has 3 N–H and O–H groups in total. The third-order valence-corrected chi connectivity index (χ3v) is 3.73. The minimum absolute atomic E-state index is 0. The summed E-state index contributed by atoms with van der Waals surface area (Å²) in [4.78, 5) is 13.6. The highest BCUT2D eigenvalue weighted by molar-refractivity contribution is 5.90. The zero-order valence-corrected chi connectivity index (χ0v) is 18.7. The molecule has 2 aromatic heterocycles. The molecule has 3 aromatic rings. The number of rotatable bonds is 7. The van der Waals surface area contributed by atoms with E-state index in [2.05, 4.69) is 33.3 Å². The van der Waals surface area contributed by atoms with Gasteiger partial charge in [0.2, 0.25) is 0 Å². The van der Waals surface area contributed by atoms with Gasteiger partial charge in [0.1, 0.15) is 12.0 Å². The maximum absolute atomic E-state index is 5.61. The smallest absolute Gasteiger partial charge is 0.155 e. The lowest BCUT2D eigenvalue weighted by atomic mass is 10.1. The second-order valence-corrected chi connectivity index (χ2v) is 6.04. The second kappa shape index (κ2) is 13.3. The molecule has 0 bridgehead atoms. The number of benzene rings is 1. The van der Waals surface area contributed by atoms with E-state index < -0.39 is 0 Å². The van der Waals surface area contributed by atoms with Crippen LogP contribution in [0.5, 0.6) is 0 Å². The molecule has 29 heavy (non-hydrogen) atoms. The van der Waals surface area contributed by atoms with Crippen molar-refractivity contribution in [1.82, 2.24) is 15.0 Å². The zero-order chi connectivity index (χ0) is 18.4. The standard InChI is InChI=1S/C20H23N5O.3ClH/c1-14-6-8-18-17(13-14)20(23-11-12-26-15(2)21)25-19(24-18)9-7-16-5-3-4-10-22-16;;;/h3-10,13,15H,11-12,21H2,1-2H3,(H,23,24,25);3*1H. The highest BCUT2D eigenvalue weighted by Gasteiger charge is 2.07. The van der Waals surface area contributed by atoms with Gasteiger partial charge in [-0.2, -0.15) is 0 Å². The Kier molecular flexibility index (Phi) is 12.4. The van der Waals surface area contributed by atoms with E-state index in [0.717, 1.165) is 28.0 Å². The van der Waals surface area contributed by atoms with Crippen LogP contribution in [0.4, 0.5) is 5.82 Å². The van der Waals surface area contributed by atoms with Crippen molar-refractivity contribution in [1.29, 1.82) is 0 Å². The number of aryl methyl sites for hydroxylation is 1. The molecule has 0 fully saturated rings. The summed E-state index contributed by atoms with van der Waals surface area (Å²) in [6, 6.07) is 11.9. The second-order valence-electron chi connectivity index (χ2n) is 6.04. The van der Waals surface area contributed by atoms with Crippen molar-refractivity contribution in [2.45, 2.75) is 20.1 Å². The van der Waals surface area contributed by atoms with Gasteiger partial charge in [-0.3, -0.25) is 4.98 Å². The van der Waals surface area contributed by atoms with Gasteiger partial charge in [-0.1, -0.05) is 17.7 Å². The summed E-state index contributed by atoms with van der Waals surface area (Å²) in [5, 5.41) is 4.31. The van der Waals surface area contributed by atoms with E-state index in [1.165, 1.54) is 0 Å². The van der Waals surface area contributed by atoms with Gasteiger partial charge < -0.3 is 15.8 Å². The molecule has 3 rings (SSSR count). The molecule has 1 atom stereocenters. The molecule has 0 spiro atoms. The summed E-state index contributed by atoms with van der Waals surface area (Å²) in [7, 11) is 0. The third-order valence-electron chi connectivity index (χ3n) is 3.73. The molecule has 0 radical (unpaired) electrons. The molecule has 158 valence electrons. The van der Waals surface area contributed by atoms with Crippen LogP contribution in [0.3, 0.4) is 0 Å². The predicted octanol–water partition coefficient (Wildman–Crippen LogP) is 4.50. The number of nitrogens with zero attached hydrogens (tertiary/aromatic N) is 3. The Balaban J connectivity index is 0.00000261. The Morgan fingerprint density at radius 2 is 1.90 bits per heavy atom. The van der Waals surface area contributed by atoms with Crippen molar-refractivity contribution < 1.29 is 4.74 Å². The van der Waals surface area contributed by atoms with Crippen LogP contribution in [0.15, 0.2) is 42.6 Å². The largest absolute Gasteiger partial charge is 0.367 e. The Hall–Kier alpha value is -1.96. The quantitative estimate of drug-likeness (QED) is 0.400. The minimum Gasteiger partial charge on any atom is -0.367 e. The van der Waals surface area contributed by atoms with E-state index in [4.69, 9.17) is 10.5 Å². The molecule has 2 heterocycles. The summed E-state index contributed by atoms with van der Waals surface area (Å²) in [6.45, 7) is 4.99. The fraction of sp³-hybridized carbons (Fsp3) is 0.250. The lowest BCUT2D eigenvalue weighted by Gasteiger charge is -2.12. The van der Waals surface area contributed by atoms with Gasteiger partial charge in [0.05, 0.1) is 17.8 Å². The molecular formula is C20H26Cl3N5O. The van der Waals surface area contributed by atoms with Gasteiger partial charge in [0.15, 0.2) is 5.82 Å². The van der Waals surface area contributed by atoms with Crippen molar-refractivity contribution in [3.8, 4) is 0 Å². The normalized spacial score (nSPS) is 11.3. The van der Waals surface area contributed by atoms with E-state index in [-0.39, 0.29) is 43.4 Å². The van der Waals surface area contributed by atoms with E-state index in [1.54, 1.807) is 6.20 Å². The fourth-order valence-corrected chi connectivity index (χ4v) is 2.52. The number of nitrogens with one attached hydrogen (secondary N) is 1. The van der Waals surface area contributed by atoms with Gasteiger partial charge in [-0.05, 0) is 50.3 Å². The molecule has 1 aromatic carbocycles. The van der Waals surface area contributed by atoms with Crippen LogP contribution in [-0.4, -0.2) is 34.3 Å². The first-order chi connectivity index (χ1) is 12.6. The average Bonchev–Trinajstić information content (AvgIpc) is 2.64. The lowest BCUT2D eigenvalue weighted by Crippen LogP contribution is -2.23. The fourth-order valence-electron chi connectivity index (χ4n) is 2.52. The van der Waals surface area contributed by atoms with Crippen molar-refractivity contribution >= 4 is 66.1 Å². The number of aromatic nitrogens is 3. The van der Waals surface area contributed by atoms with Crippen molar-refractivity contribution in [2.75, 3.05) is 18.5 Å². The van der Waals surface area contributed by atoms with Crippen LogP contribution >= 0.6 is 37.2 Å². The lowest BCUT2D eigenvalue weighted by molar-refractivity contribution is 0.0786. The van der Waals surface area contributed by atoms with Crippen LogP contribution in [-0.2, 0) is 4.74 Å². The van der Waals surface area contributed by atoms with E-state index in [9.17, 15) is 0 Å². The molecular weight excluding hydrogens is 433 g/mol. The number of fused-ring (bicyclic) bond motifs is 1. The number of ether oxygens (including phenoxy) is 1. The molecule has 0 aliphatic carbocycles. The molecule has 6 nitrogen and oxygen atoms in total. The van der Waals surface area contributed by atoms with Gasteiger partial charge in [-0.15, -0.1) is 37.2 Å². The topological polar surface area (TPSA) is 86.0 Å². The highest BCUT2D eigenvalue weighted by atomic mass is 35.5. The average molecular weight is 459 g/mol. The Morgan fingerprint density at radius 3 is 2.59 bits per heavy atom. The maximum Gasteiger partial charge on any atom is 0.155 e. The van der Waals surface area contributed by atoms with Gasteiger partial charge in [0.25, 0.3) is 0 Å². The van der Waals surface area contributed by atoms with Crippen molar-refractivity contribution in [2.24, 2.45) is 5.73 Å². The first kappa shape index (κ1) is 27.0. The molecule has 0 amide bonds. The van der Waals surface area contributed by atoms with Gasteiger partial charge >= 0.3 is 0 Å². The first-order valence-electron chi connectivity index (χ1n) is 8.60. The monoisotopic (exact) mass is 457 g/mol. The molecule has 0 saturated carbocycles. The summed E-state index contributed by atoms with van der Waals surface area (Å²) < 4.78 is 5.38. The van der Waals surface area contributed by atoms with E-state index >= 15 is 0 Å². The third kappa shape index (κ3) is 8.12. The SMILES string of the molecule is Cc1ccc2nc(C=Cc3ccccn3)nc(NCCOC(C)N)c2c1.Cl.Cl.Cl. The van der Waals surface area contributed by atoms with Gasteiger partial charge in [0, 0.05) is 18.1 Å². The number of nitrogens with two attached hydrogens (primary N) is 1. The number of anilines is 1. The number of hydrogen-bond acceptors (Lipinski definition) is 6. The Morgan fingerprint density at radius 1 is 1.10 bits per heavy atom. The van der Waals surface area contributed by atoms with Gasteiger partial charge in [-0.25, -0.2) is 9.97 Å². The minimum atomic E-state index is -0.280. The van der Waals surface area contributed by atoms with Crippen molar-refractivity contribution in [3.05, 3.63) is 59.7 Å². The highest BCUT2D eigenvalue weighted by Crippen LogP contribution is 2.22. The summed E-state index contributed by atoms with van der Waals surface area (Å²) in [5.74, 6) is 1.41. The Bertz CT molecular complexity index is 907. The zero-order valence-electron chi connectivity index (χ0n) is 16.2. The number of hydrogen-bond donors (Lipinski definition) is 2. The van der Waals surface area contributed by atoms with E-state index in [1.807, 2.05) is 49.4 Å². The predicted molar refractivity (Wildman–Crippen MR) is 127 cm³/mol. The molecule has 0 saturated heterocycles. The first-order valence-corrected chi connectivity index (χ1v) is 8.60. The van der Waals surface area contributed by atoms with E-state index in [0.29, 0.717) is 19.0 Å². The summed E-state index contributed by atoms with van der Waals surface area (Å²) >= 11 is 0. The molecule has 0 aliphatic heterocycles. The van der Waals surface area contributed by atoms with Crippen LogP contribution in [0.2, 0.25) is 0 Å². The van der Waals surface area contributed by atoms with Crippen LogP contribution in [0, 0.1) is 6.92 Å². The van der Waals surface area contributed by atoms with Crippen LogP contribution < -0.4 is 11.1 Å². The number of halogens is 3. The maximum atomic E-state index is 5.61.